The number of ether oxygens (including phenoxy) is 1. The number of carbonyl (C=O) groups excluding carboxylic acids is 1. The molecule has 0 heterocycles. The molecular weight excluding hydrogens is 242 g/mol. The normalized spacial score (nSPS) is 10.3. The maximum atomic E-state index is 10.9. The maximum Gasteiger partial charge on any atom is 0.328 e. The van der Waals surface area contributed by atoms with Gasteiger partial charge >= 0.3 is 5.97 Å². The van der Waals surface area contributed by atoms with Gasteiger partial charge in [-0.2, -0.15) is 0 Å². The number of nitro benzene ring substituents is 1. The minimum absolute atomic E-state index is 0.0178. The molecule has 0 aliphatic carbocycles. The predicted molar refractivity (Wildman–Crippen MR) is 61.7 cm³/mol. The van der Waals surface area contributed by atoms with Gasteiger partial charge in [0.05, 0.1) is 23.7 Å². The van der Waals surface area contributed by atoms with Gasteiger partial charge in [-0.1, -0.05) is 0 Å². The van der Waals surface area contributed by atoms with Gasteiger partial charge in [0.15, 0.2) is 6.29 Å². The average Bonchev–Trinajstić information content (AvgIpc) is 2.34. The van der Waals surface area contributed by atoms with Crippen LogP contribution in [0.2, 0.25) is 0 Å². The van der Waals surface area contributed by atoms with Crippen molar-refractivity contribution in [3.63, 3.8) is 0 Å². The molecule has 0 amide bonds. The van der Waals surface area contributed by atoms with Crippen molar-refractivity contribution in [1.29, 1.82) is 0 Å². The van der Waals surface area contributed by atoms with Crippen LogP contribution in [0.3, 0.4) is 0 Å². The topological polar surface area (TPSA) is 107 Å². The SMILES string of the molecule is COc1cc([N+](=O)[O-])cc(/C=C/C(=O)O)c1C=O. The van der Waals surface area contributed by atoms with Crippen LogP contribution in [0.4, 0.5) is 5.69 Å². The van der Waals surface area contributed by atoms with Crippen molar-refractivity contribution in [2.24, 2.45) is 0 Å². The third-order valence-electron chi connectivity index (χ3n) is 2.11. The highest BCUT2D eigenvalue weighted by Gasteiger charge is 2.15. The van der Waals surface area contributed by atoms with Gasteiger partial charge in [0.1, 0.15) is 5.75 Å². The van der Waals surface area contributed by atoms with Gasteiger partial charge in [0.25, 0.3) is 5.69 Å². The molecule has 1 rings (SSSR count). The Balaban J connectivity index is 3.44. The molecule has 0 unspecified atom stereocenters. The van der Waals surface area contributed by atoms with Crippen molar-refractivity contribution in [3.05, 3.63) is 39.4 Å². The van der Waals surface area contributed by atoms with Gasteiger partial charge in [-0.15, -0.1) is 0 Å². The molecule has 18 heavy (non-hydrogen) atoms. The highest BCUT2D eigenvalue weighted by molar-refractivity contribution is 5.91. The van der Waals surface area contributed by atoms with E-state index >= 15 is 0 Å². The lowest BCUT2D eigenvalue weighted by molar-refractivity contribution is -0.384. The van der Waals surface area contributed by atoms with E-state index in [9.17, 15) is 19.7 Å². The van der Waals surface area contributed by atoms with Crippen molar-refractivity contribution in [2.45, 2.75) is 0 Å². The van der Waals surface area contributed by atoms with Crippen LogP contribution >= 0.6 is 0 Å². The number of non-ortho nitro benzene ring substituents is 1. The smallest absolute Gasteiger partial charge is 0.328 e. The number of aldehydes is 1. The summed E-state index contributed by atoms with van der Waals surface area (Å²) >= 11 is 0. The summed E-state index contributed by atoms with van der Waals surface area (Å²) in [6, 6.07) is 2.20. The number of nitrogens with zero attached hydrogens (tertiary/aromatic N) is 1. The molecule has 1 aromatic carbocycles. The number of aliphatic carboxylic acids is 1. The Kier molecular flexibility index (Phi) is 4.14. The van der Waals surface area contributed by atoms with E-state index in [0.29, 0.717) is 6.29 Å². The number of rotatable bonds is 5. The molecule has 0 saturated heterocycles. The fourth-order valence-electron chi connectivity index (χ4n) is 1.33. The average molecular weight is 251 g/mol. The minimum Gasteiger partial charge on any atom is -0.496 e. The molecule has 0 bridgehead atoms. The van der Waals surface area contributed by atoms with Crippen LogP contribution in [0.25, 0.3) is 6.08 Å². The van der Waals surface area contributed by atoms with Gasteiger partial charge in [0.2, 0.25) is 0 Å². The fraction of sp³-hybridized carbons (Fsp3) is 0.0909. The number of carboxylic acid groups (broad SMARTS) is 1. The third kappa shape index (κ3) is 2.91. The molecule has 0 fully saturated rings. The molecule has 0 aliphatic rings. The van der Waals surface area contributed by atoms with E-state index in [1.807, 2.05) is 0 Å². The van der Waals surface area contributed by atoms with Crippen LogP contribution < -0.4 is 4.74 Å². The number of benzene rings is 1. The van der Waals surface area contributed by atoms with Crippen molar-refractivity contribution < 1.29 is 24.4 Å². The molecule has 7 heteroatoms. The molecule has 94 valence electrons. The summed E-state index contributed by atoms with van der Waals surface area (Å²) < 4.78 is 4.86. The first-order valence-corrected chi connectivity index (χ1v) is 4.72. The molecule has 0 radical (unpaired) electrons. The second-order valence-electron chi connectivity index (χ2n) is 3.20. The molecule has 0 atom stereocenters. The van der Waals surface area contributed by atoms with Crippen LogP contribution in [0.5, 0.6) is 5.75 Å². The minimum atomic E-state index is -1.22. The Morgan fingerprint density at radius 1 is 1.50 bits per heavy atom. The highest BCUT2D eigenvalue weighted by atomic mass is 16.6. The summed E-state index contributed by atoms with van der Waals surface area (Å²) in [5, 5.41) is 19.2. The summed E-state index contributed by atoms with van der Waals surface area (Å²) in [6.07, 6.45) is 2.33. The van der Waals surface area contributed by atoms with E-state index in [1.54, 1.807) is 0 Å². The zero-order valence-electron chi connectivity index (χ0n) is 9.32. The molecule has 7 nitrogen and oxygen atoms in total. The lowest BCUT2D eigenvalue weighted by Gasteiger charge is -2.06. The molecule has 0 aliphatic heterocycles. The molecular formula is C11H9NO6. The zero-order chi connectivity index (χ0) is 13.7. The van der Waals surface area contributed by atoms with Crippen molar-refractivity contribution in [2.75, 3.05) is 7.11 Å². The molecule has 0 saturated carbocycles. The number of carboxylic acids is 1. The van der Waals surface area contributed by atoms with E-state index in [-0.39, 0.29) is 22.6 Å². The van der Waals surface area contributed by atoms with Crippen LogP contribution in [-0.2, 0) is 4.79 Å². The Bertz CT molecular complexity index is 535. The molecule has 1 N–H and O–H groups in total. The summed E-state index contributed by atoms with van der Waals surface area (Å²) in [6.45, 7) is 0. The van der Waals surface area contributed by atoms with Crippen LogP contribution in [-0.4, -0.2) is 29.4 Å². The van der Waals surface area contributed by atoms with Gasteiger partial charge in [-0.25, -0.2) is 4.79 Å². The van der Waals surface area contributed by atoms with E-state index in [4.69, 9.17) is 9.84 Å². The summed E-state index contributed by atoms with van der Waals surface area (Å²) in [4.78, 5) is 31.3. The molecule has 0 spiro atoms. The Morgan fingerprint density at radius 2 is 2.17 bits per heavy atom. The predicted octanol–water partition coefficient (Wildman–Crippen LogP) is 1.51. The molecule has 0 aromatic heterocycles. The number of methoxy groups -OCH3 is 1. The number of nitro groups is 1. The van der Waals surface area contributed by atoms with Crippen LogP contribution in [0.1, 0.15) is 15.9 Å². The van der Waals surface area contributed by atoms with E-state index in [2.05, 4.69) is 0 Å². The highest BCUT2D eigenvalue weighted by Crippen LogP contribution is 2.28. The van der Waals surface area contributed by atoms with E-state index in [1.165, 1.54) is 7.11 Å². The summed E-state index contributed by atoms with van der Waals surface area (Å²) in [5.41, 5.74) is -0.124. The van der Waals surface area contributed by atoms with Crippen LogP contribution in [0.15, 0.2) is 18.2 Å². The van der Waals surface area contributed by atoms with E-state index < -0.39 is 10.9 Å². The summed E-state index contributed by atoms with van der Waals surface area (Å²) in [5.74, 6) is -1.21. The second kappa shape index (κ2) is 5.58. The lowest BCUT2D eigenvalue weighted by Crippen LogP contribution is -1.98. The maximum absolute atomic E-state index is 10.9. The first-order valence-electron chi connectivity index (χ1n) is 4.72. The van der Waals surface area contributed by atoms with Gasteiger partial charge in [-0.05, 0) is 11.6 Å². The van der Waals surface area contributed by atoms with Crippen molar-refractivity contribution in [3.8, 4) is 5.75 Å². The number of carbonyl (C=O) groups is 2. The standard InChI is InChI=1S/C11H9NO6/c1-18-10-5-8(12(16)17)4-7(9(10)6-13)2-3-11(14)15/h2-6H,1H3,(H,14,15)/b3-2+. The van der Waals surface area contributed by atoms with Gasteiger partial charge in [-0.3, -0.25) is 14.9 Å². The van der Waals surface area contributed by atoms with Gasteiger partial charge < -0.3 is 9.84 Å². The first-order chi connectivity index (χ1) is 8.49. The Labute approximate surface area is 101 Å². The van der Waals surface area contributed by atoms with E-state index in [0.717, 1.165) is 24.3 Å². The quantitative estimate of drug-likeness (QED) is 0.368. The number of hydrogen-bond acceptors (Lipinski definition) is 5. The van der Waals surface area contributed by atoms with Crippen LogP contribution in [0, 0.1) is 10.1 Å². The lowest BCUT2D eigenvalue weighted by atomic mass is 10.1. The number of hydrogen-bond donors (Lipinski definition) is 1. The Hall–Kier alpha value is -2.70. The third-order valence-corrected chi connectivity index (χ3v) is 2.11. The van der Waals surface area contributed by atoms with Gasteiger partial charge in [0, 0.05) is 12.1 Å². The molecule has 1 aromatic rings. The second-order valence-corrected chi connectivity index (χ2v) is 3.20. The monoisotopic (exact) mass is 251 g/mol. The fourth-order valence-corrected chi connectivity index (χ4v) is 1.33. The Morgan fingerprint density at radius 3 is 2.61 bits per heavy atom. The van der Waals surface area contributed by atoms with Crippen molar-refractivity contribution in [1.82, 2.24) is 0 Å². The summed E-state index contributed by atoms with van der Waals surface area (Å²) in [7, 11) is 1.26. The largest absolute Gasteiger partial charge is 0.496 e. The zero-order valence-corrected chi connectivity index (χ0v) is 9.32. The first kappa shape index (κ1) is 13.4. The van der Waals surface area contributed by atoms with Crippen molar-refractivity contribution >= 4 is 24.0 Å².